The van der Waals surface area contributed by atoms with E-state index in [1.807, 2.05) is 78.9 Å². The minimum absolute atomic E-state index is 0.0287. The van der Waals surface area contributed by atoms with Crippen molar-refractivity contribution in [2.45, 2.75) is 12.5 Å². The van der Waals surface area contributed by atoms with Crippen molar-refractivity contribution in [2.75, 3.05) is 26.2 Å². The maximum absolute atomic E-state index is 9.43. The topological polar surface area (TPSA) is 57.5 Å². The predicted octanol–water partition coefficient (Wildman–Crippen LogP) is 5.13. The van der Waals surface area contributed by atoms with Gasteiger partial charge in [-0.05, 0) is 42.0 Å². The molecule has 0 aromatic heterocycles. The molecular weight excluding hydrogens is 374 g/mol. The zero-order chi connectivity index (χ0) is 20.6. The Labute approximate surface area is 177 Å². The number of rotatable bonds is 7. The SMILES string of the molecule is N#CC[C@H](c1ccc(Oc2ccccc2)c(Oc2ccccc2)c1)N1CCNCC1. The predicted molar refractivity (Wildman–Crippen MR) is 117 cm³/mol. The minimum atomic E-state index is 0.0287. The van der Waals surface area contributed by atoms with Crippen molar-refractivity contribution in [3.8, 4) is 29.1 Å². The fourth-order valence-corrected chi connectivity index (χ4v) is 3.67. The zero-order valence-electron chi connectivity index (χ0n) is 16.8. The first-order valence-electron chi connectivity index (χ1n) is 10.2. The van der Waals surface area contributed by atoms with Crippen LogP contribution in [0.15, 0.2) is 78.9 Å². The highest BCUT2D eigenvalue weighted by atomic mass is 16.5. The average molecular weight is 399 g/mol. The van der Waals surface area contributed by atoms with Crippen LogP contribution in [-0.2, 0) is 0 Å². The lowest BCUT2D eigenvalue weighted by atomic mass is 10.0. The molecule has 5 nitrogen and oxygen atoms in total. The first kappa shape index (κ1) is 20.0. The van der Waals surface area contributed by atoms with Crippen LogP contribution < -0.4 is 14.8 Å². The van der Waals surface area contributed by atoms with Crippen molar-refractivity contribution >= 4 is 0 Å². The Balaban J connectivity index is 1.67. The standard InChI is InChI=1S/C25H25N3O2/c26-14-13-23(28-17-15-27-16-18-28)20-11-12-24(29-21-7-3-1-4-8-21)25(19-20)30-22-9-5-2-6-10-22/h1-12,19,23,27H,13,15-18H2/t23-/m1/s1. The maximum atomic E-state index is 9.43. The van der Waals surface area contributed by atoms with Gasteiger partial charge in [-0.15, -0.1) is 0 Å². The monoisotopic (exact) mass is 399 g/mol. The van der Waals surface area contributed by atoms with E-state index >= 15 is 0 Å². The maximum Gasteiger partial charge on any atom is 0.170 e. The van der Waals surface area contributed by atoms with Gasteiger partial charge in [0.25, 0.3) is 0 Å². The second-order valence-electron chi connectivity index (χ2n) is 7.20. The summed E-state index contributed by atoms with van der Waals surface area (Å²) in [6, 6.07) is 27.7. The molecule has 3 aromatic rings. The van der Waals surface area contributed by atoms with Gasteiger partial charge in [0, 0.05) is 32.2 Å². The Bertz CT molecular complexity index is 980. The molecule has 0 saturated carbocycles. The van der Waals surface area contributed by atoms with Crippen LogP contribution in [0, 0.1) is 11.3 Å². The van der Waals surface area contributed by atoms with Gasteiger partial charge in [-0.3, -0.25) is 4.90 Å². The molecule has 5 heteroatoms. The normalized spacial score (nSPS) is 15.2. The number of ether oxygens (including phenoxy) is 2. The molecule has 3 aromatic carbocycles. The van der Waals surface area contributed by atoms with Crippen molar-refractivity contribution in [2.24, 2.45) is 0 Å². The third kappa shape index (κ3) is 4.98. The lowest BCUT2D eigenvalue weighted by molar-refractivity contribution is 0.175. The molecule has 1 N–H and O–H groups in total. The van der Waals surface area contributed by atoms with Crippen LogP contribution in [0.4, 0.5) is 0 Å². The first-order valence-corrected chi connectivity index (χ1v) is 10.2. The smallest absolute Gasteiger partial charge is 0.170 e. The number of nitrogens with zero attached hydrogens (tertiary/aromatic N) is 2. The number of para-hydroxylation sites is 2. The molecule has 0 aliphatic carbocycles. The molecule has 152 valence electrons. The Morgan fingerprint density at radius 1 is 0.833 bits per heavy atom. The second-order valence-corrected chi connectivity index (χ2v) is 7.20. The third-order valence-electron chi connectivity index (χ3n) is 5.17. The van der Waals surface area contributed by atoms with Crippen LogP contribution in [0.2, 0.25) is 0 Å². The summed E-state index contributed by atoms with van der Waals surface area (Å²) in [7, 11) is 0. The number of nitrogens with one attached hydrogen (secondary N) is 1. The number of piperazine rings is 1. The van der Waals surface area contributed by atoms with Crippen LogP contribution in [0.3, 0.4) is 0 Å². The number of nitriles is 1. The highest BCUT2D eigenvalue weighted by Gasteiger charge is 2.23. The van der Waals surface area contributed by atoms with E-state index in [0.29, 0.717) is 17.9 Å². The number of benzene rings is 3. The molecule has 0 radical (unpaired) electrons. The molecule has 0 unspecified atom stereocenters. The van der Waals surface area contributed by atoms with Gasteiger partial charge in [0.15, 0.2) is 11.5 Å². The molecule has 4 rings (SSSR count). The fourth-order valence-electron chi connectivity index (χ4n) is 3.67. The highest BCUT2D eigenvalue weighted by Crippen LogP contribution is 2.38. The van der Waals surface area contributed by atoms with Crippen molar-refractivity contribution in [1.29, 1.82) is 5.26 Å². The van der Waals surface area contributed by atoms with E-state index in [4.69, 9.17) is 9.47 Å². The summed E-state index contributed by atoms with van der Waals surface area (Å²) in [4.78, 5) is 2.36. The van der Waals surface area contributed by atoms with Crippen LogP contribution in [0.25, 0.3) is 0 Å². The highest BCUT2D eigenvalue weighted by molar-refractivity contribution is 5.48. The Hall–Kier alpha value is -3.33. The molecular formula is C25H25N3O2. The summed E-state index contributed by atoms with van der Waals surface area (Å²) in [6.07, 6.45) is 0.434. The van der Waals surface area contributed by atoms with Gasteiger partial charge in [-0.1, -0.05) is 42.5 Å². The van der Waals surface area contributed by atoms with Gasteiger partial charge < -0.3 is 14.8 Å². The van der Waals surface area contributed by atoms with E-state index in [0.717, 1.165) is 43.2 Å². The molecule has 1 heterocycles. The molecule has 1 aliphatic heterocycles. The molecule has 0 bridgehead atoms. The minimum Gasteiger partial charge on any atom is -0.453 e. The molecule has 1 aliphatic rings. The van der Waals surface area contributed by atoms with E-state index < -0.39 is 0 Å². The summed E-state index contributed by atoms with van der Waals surface area (Å²) in [5, 5.41) is 12.8. The van der Waals surface area contributed by atoms with E-state index in [9.17, 15) is 5.26 Å². The fraction of sp³-hybridized carbons (Fsp3) is 0.240. The average Bonchev–Trinajstić information content (AvgIpc) is 2.81. The summed E-state index contributed by atoms with van der Waals surface area (Å²) in [5.74, 6) is 2.77. The molecule has 1 saturated heterocycles. The van der Waals surface area contributed by atoms with Gasteiger partial charge in [-0.25, -0.2) is 0 Å². The zero-order valence-corrected chi connectivity index (χ0v) is 16.8. The number of hydrogen-bond acceptors (Lipinski definition) is 5. The van der Waals surface area contributed by atoms with Crippen LogP contribution in [0.5, 0.6) is 23.0 Å². The van der Waals surface area contributed by atoms with Crippen molar-refractivity contribution in [3.63, 3.8) is 0 Å². The molecule has 30 heavy (non-hydrogen) atoms. The van der Waals surface area contributed by atoms with E-state index in [-0.39, 0.29) is 6.04 Å². The van der Waals surface area contributed by atoms with Crippen LogP contribution in [-0.4, -0.2) is 31.1 Å². The Morgan fingerprint density at radius 3 is 2.03 bits per heavy atom. The summed E-state index contributed by atoms with van der Waals surface area (Å²) in [6.45, 7) is 3.71. The largest absolute Gasteiger partial charge is 0.453 e. The van der Waals surface area contributed by atoms with Gasteiger partial charge >= 0.3 is 0 Å². The lowest BCUT2D eigenvalue weighted by Crippen LogP contribution is -2.45. The van der Waals surface area contributed by atoms with E-state index in [2.05, 4.69) is 16.3 Å². The summed E-state index contributed by atoms with van der Waals surface area (Å²) >= 11 is 0. The van der Waals surface area contributed by atoms with Gasteiger partial charge in [-0.2, -0.15) is 5.26 Å². The summed E-state index contributed by atoms with van der Waals surface area (Å²) < 4.78 is 12.3. The van der Waals surface area contributed by atoms with E-state index in [1.165, 1.54) is 0 Å². The Kier molecular flexibility index (Phi) is 6.61. The van der Waals surface area contributed by atoms with Crippen LogP contribution in [0.1, 0.15) is 18.0 Å². The van der Waals surface area contributed by atoms with Crippen molar-refractivity contribution in [3.05, 3.63) is 84.4 Å². The molecule has 0 spiro atoms. The molecule has 0 amide bonds. The van der Waals surface area contributed by atoms with Crippen LogP contribution >= 0.6 is 0 Å². The molecule has 1 fully saturated rings. The van der Waals surface area contributed by atoms with Gasteiger partial charge in [0.1, 0.15) is 11.5 Å². The molecule has 1 atom stereocenters. The van der Waals surface area contributed by atoms with Gasteiger partial charge in [0.05, 0.1) is 12.5 Å². The third-order valence-corrected chi connectivity index (χ3v) is 5.17. The first-order chi connectivity index (χ1) is 14.8. The number of hydrogen-bond donors (Lipinski definition) is 1. The quantitative estimate of drug-likeness (QED) is 0.597. The van der Waals surface area contributed by atoms with Gasteiger partial charge in [0.2, 0.25) is 0 Å². The van der Waals surface area contributed by atoms with E-state index in [1.54, 1.807) is 0 Å². The second kappa shape index (κ2) is 9.93. The van der Waals surface area contributed by atoms with Crippen molar-refractivity contribution in [1.82, 2.24) is 10.2 Å². The van der Waals surface area contributed by atoms with Crippen molar-refractivity contribution < 1.29 is 9.47 Å². The lowest BCUT2D eigenvalue weighted by Gasteiger charge is -2.34. The Morgan fingerprint density at radius 2 is 1.43 bits per heavy atom. The summed E-state index contributed by atoms with van der Waals surface area (Å²) in [5.41, 5.74) is 1.06.